The first-order valence-corrected chi connectivity index (χ1v) is 9.49. The number of piperidine rings is 1. The Labute approximate surface area is 160 Å². The zero-order valence-corrected chi connectivity index (χ0v) is 16.1. The lowest BCUT2D eigenvalue weighted by Crippen LogP contribution is -2.30. The number of amides is 1. The van der Waals surface area contributed by atoms with Crippen molar-refractivity contribution >= 4 is 28.9 Å². The van der Waals surface area contributed by atoms with E-state index in [4.69, 9.17) is 16.3 Å². The number of rotatable bonds is 5. The van der Waals surface area contributed by atoms with Crippen LogP contribution in [0, 0.1) is 6.92 Å². The van der Waals surface area contributed by atoms with Crippen LogP contribution in [0.5, 0.6) is 5.75 Å². The standard InChI is InChI=1S/C21H25ClN2O2/c1-15-14-19(10-11-20(15)22)26-16(2)21(25)23-17-6-8-18(9-7-17)24-12-4-3-5-13-24/h6-11,14,16H,3-5,12-13H2,1-2H3,(H,23,25). The highest BCUT2D eigenvalue weighted by molar-refractivity contribution is 6.31. The van der Waals surface area contributed by atoms with Gasteiger partial charge in [0.05, 0.1) is 0 Å². The maximum absolute atomic E-state index is 12.4. The van der Waals surface area contributed by atoms with E-state index in [1.54, 1.807) is 19.1 Å². The second kappa shape index (κ2) is 8.45. The van der Waals surface area contributed by atoms with Crippen molar-refractivity contribution in [3.05, 3.63) is 53.1 Å². The Morgan fingerprint density at radius 1 is 1.12 bits per heavy atom. The largest absolute Gasteiger partial charge is 0.481 e. The molecule has 1 heterocycles. The number of nitrogens with one attached hydrogen (secondary N) is 1. The van der Waals surface area contributed by atoms with Crippen LogP contribution in [0.15, 0.2) is 42.5 Å². The van der Waals surface area contributed by atoms with E-state index in [2.05, 4.69) is 22.3 Å². The highest BCUT2D eigenvalue weighted by Gasteiger charge is 2.16. The second-order valence-corrected chi connectivity index (χ2v) is 7.16. The molecule has 1 unspecified atom stereocenters. The average molecular weight is 373 g/mol. The molecule has 1 aliphatic rings. The van der Waals surface area contributed by atoms with Crippen LogP contribution in [0.1, 0.15) is 31.7 Å². The molecule has 138 valence electrons. The van der Waals surface area contributed by atoms with Gasteiger partial charge in [-0.05, 0) is 81.1 Å². The van der Waals surface area contributed by atoms with E-state index >= 15 is 0 Å². The first kappa shape index (κ1) is 18.6. The summed E-state index contributed by atoms with van der Waals surface area (Å²) in [4.78, 5) is 14.8. The molecule has 0 saturated carbocycles. The number of benzene rings is 2. The lowest BCUT2D eigenvalue weighted by molar-refractivity contribution is -0.122. The van der Waals surface area contributed by atoms with E-state index in [1.807, 2.05) is 25.1 Å². The van der Waals surface area contributed by atoms with Crippen molar-refractivity contribution in [1.82, 2.24) is 0 Å². The van der Waals surface area contributed by atoms with Gasteiger partial charge in [-0.15, -0.1) is 0 Å². The number of halogens is 1. The minimum absolute atomic E-state index is 0.177. The maximum atomic E-state index is 12.4. The first-order valence-electron chi connectivity index (χ1n) is 9.11. The smallest absolute Gasteiger partial charge is 0.265 e. The van der Waals surface area contributed by atoms with Gasteiger partial charge in [0.2, 0.25) is 0 Å². The van der Waals surface area contributed by atoms with Gasteiger partial charge in [0.15, 0.2) is 6.10 Å². The summed E-state index contributed by atoms with van der Waals surface area (Å²) in [5, 5.41) is 3.59. The van der Waals surface area contributed by atoms with Gasteiger partial charge in [0, 0.05) is 29.5 Å². The van der Waals surface area contributed by atoms with Gasteiger partial charge in [-0.2, -0.15) is 0 Å². The highest BCUT2D eigenvalue weighted by atomic mass is 35.5. The molecular weight excluding hydrogens is 348 g/mol. The van der Waals surface area contributed by atoms with E-state index in [0.717, 1.165) is 24.3 Å². The van der Waals surface area contributed by atoms with Crippen molar-refractivity contribution in [3.63, 3.8) is 0 Å². The summed E-state index contributed by atoms with van der Waals surface area (Å²) >= 11 is 6.02. The van der Waals surface area contributed by atoms with Crippen LogP contribution in [0.2, 0.25) is 5.02 Å². The van der Waals surface area contributed by atoms with Gasteiger partial charge in [-0.1, -0.05) is 11.6 Å². The van der Waals surface area contributed by atoms with Gasteiger partial charge in [0.1, 0.15) is 5.75 Å². The van der Waals surface area contributed by atoms with Crippen molar-refractivity contribution in [2.45, 2.75) is 39.2 Å². The van der Waals surface area contributed by atoms with Crippen LogP contribution in [-0.2, 0) is 4.79 Å². The second-order valence-electron chi connectivity index (χ2n) is 6.75. The van der Waals surface area contributed by atoms with Crippen molar-refractivity contribution in [1.29, 1.82) is 0 Å². The van der Waals surface area contributed by atoms with Gasteiger partial charge in [0.25, 0.3) is 5.91 Å². The molecule has 26 heavy (non-hydrogen) atoms. The molecule has 3 rings (SSSR count). The Kier molecular flexibility index (Phi) is 6.04. The first-order chi connectivity index (χ1) is 12.5. The molecule has 4 nitrogen and oxygen atoms in total. The molecule has 1 atom stereocenters. The van der Waals surface area contributed by atoms with E-state index in [9.17, 15) is 4.79 Å². The maximum Gasteiger partial charge on any atom is 0.265 e. The van der Waals surface area contributed by atoms with Crippen LogP contribution in [0.4, 0.5) is 11.4 Å². The number of carbonyl (C=O) groups excluding carboxylic acids is 1. The predicted molar refractivity (Wildman–Crippen MR) is 107 cm³/mol. The number of hydrogen-bond donors (Lipinski definition) is 1. The molecule has 0 bridgehead atoms. The van der Waals surface area contributed by atoms with Crippen molar-refractivity contribution in [2.24, 2.45) is 0 Å². The van der Waals surface area contributed by atoms with Crippen molar-refractivity contribution in [2.75, 3.05) is 23.3 Å². The highest BCUT2D eigenvalue weighted by Crippen LogP contribution is 2.23. The number of carbonyl (C=O) groups is 1. The normalized spacial score (nSPS) is 15.4. The summed E-state index contributed by atoms with van der Waals surface area (Å²) in [7, 11) is 0. The minimum Gasteiger partial charge on any atom is -0.481 e. The van der Waals surface area contributed by atoms with E-state index < -0.39 is 6.10 Å². The van der Waals surface area contributed by atoms with Gasteiger partial charge < -0.3 is 15.0 Å². The summed E-state index contributed by atoms with van der Waals surface area (Å²) in [5.74, 6) is 0.457. The third kappa shape index (κ3) is 4.70. The average Bonchev–Trinajstić information content (AvgIpc) is 2.66. The SMILES string of the molecule is Cc1cc(OC(C)C(=O)Nc2ccc(N3CCCCC3)cc2)ccc1Cl. The Morgan fingerprint density at radius 2 is 1.81 bits per heavy atom. The lowest BCUT2D eigenvalue weighted by Gasteiger charge is -2.28. The molecule has 2 aromatic rings. The molecule has 0 aromatic heterocycles. The van der Waals surface area contributed by atoms with Crippen LogP contribution >= 0.6 is 11.6 Å². The summed E-state index contributed by atoms with van der Waals surface area (Å²) < 4.78 is 5.72. The molecule has 1 fully saturated rings. The zero-order valence-electron chi connectivity index (χ0n) is 15.3. The number of anilines is 2. The quantitative estimate of drug-likeness (QED) is 0.798. The fourth-order valence-electron chi connectivity index (χ4n) is 3.10. The Morgan fingerprint density at radius 3 is 2.46 bits per heavy atom. The summed E-state index contributed by atoms with van der Waals surface area (Å²) in [6.07, 6.45) is 3.21. The molecule has 2 aromatic carbocycles. The third-order valence-corrected chi connectivity index (χ3v) is 5.09. The van der Waals surface area contributed by atoms with E-state index in [0.29, 0.717) is 10.8 Å². The van der Waals surface area contributed by atoms with Crippen LogP contribution in [0.3, 0.4) is 0 Å². The van der Waals surface area contributed by atoms with Crippen molar-refractivity contribution < 1.29 is 9.53 Å². The molecule has 5 heteroatoms. The molecule has 1 saturated heterocycles. The number of ether oxygens (including phenoxy) is 1. The number of hydrogen-bond acceptors (Lipinski definition) is 3. The summed E-state index contributed by atoms with van der Waals surface area (Å²) in [5.41, 5.74) is 2.91. The van der Waals surface area contributed by atoms with Gasteiger partial charge >= 0.3 is 0 Å². The van der Waals surface area contributed by atoms with Crippen LogP contribution < -0.4 is 15.0 Å². The van der Waals surface area contributed by atoms with E-state index in [1.165, 1.54) is 24.9 Å². The topological polar surface area (TPSA) is 41.6 Å². The zero-order chi connectivity index (χ0) is 18.5. The van der Waals surface area contributed by atoms with Crippen LogP contribution in [0.25, 0.3) is 0 Å². The van der Waals surface area contributed by atoms with Crippen molar-refractivity contribution in [3.8, 4) is 5.75 Å². The predicted octanol–water partition coefficient (Wildman–Crippen LogP) is 5.04. The molecule has 0 aliphatic carbocycles. The summed E-state index contributed by atoms with van der Waals surface area (Å²) in [6.45, 7) is 5.86. The fourth-order valence-corrected chi connectivity index (χ4v) is 3.22. The Balaban J connectivity index is 1.57. The fraction of sp³-hybridized carbons (Fsp3) is 0.381. The number of nitrogens with zero attached hydrogens (tertiary/aromatic N) is 1. The monoisotopic (exact) mass is 372 g/mol. The molecule has 0 radical (unpaired) electrons. The van der Waals surface area contributed by atoms with E-state index in [-0.39, 0.29) is 5.91 Å². The number of aryl methyl sites for hydroxylation is 1. The summed E-state index contributed by atoms with van der Waals surface area (Å²) in [6, 6.07) is 13.4. The van der Waals surface area contributed by atoms with Crippen LogP contribution in [-0.4, -0.2) is 25.1 Å². The minimum atomic E-state index is -0.600. The van der Waals surface area contributed by atoms with Gasteiger partial charge in [-0.3, -0.25) is 4.79 Å². The van der Waals surface area contributed by atoms with Gasteiger partial charge in [-0.25, -0.2) is 0 Å². The Hall–Kier alpha value is -2.20. The molecule has 1 amide bonds. The molecular formula is C21H25ClN2O2. The third-order valence-electron chi connectivity index (χ3n) is 4.67. The molecule has 1 N–H and O–H groups in total. The molecule has 0 spiro atoms. The lowest BCUT2D eigenvalue weighted by atomic mass is 10.1. The molecule has 1 aliphatic heterocycles. The Bertz CT molecular complexity index is 755.